The van der Waals surface area contributed by atoms with E-state index in [1.165, 1.54) is 0 Å². The second kappa shape index (κ2) is 12.3. The molecule has 0 saturated heterocycles. The molecule has 0 spiro atoms. The summed E-state index contributed by atoms with van der Waals surface area (Å²) >= 11 is 0. The van der Waals surface area contributed by atoms with E-state index in [2.05, 4.69) is 26.1 Å². The van der Waals surface area contributed by atoms with Crippen molar-refractivity contribution in [1.82, 2.24) is 25.0 Å². The standard InChI is InChI=1S/C27H34N6O2/c1-22(34)33-14-6-13-31(20-24-8-5-12-28-17-24)15-16-32(21-25-9-2-3-10-26(25)33)27(35)11-4-7-23-18-29-30-19-23/h2-3,5,8-10,12,17-19H,4,6-7,11,13-16,20-21H2,1H3,(H,29,30). The van der Waals surface area contributed by atoms with Crippen molar-refractivity contribution >= 4 is 17.5 Å². The second-order valence-electron chi connectivity index (χ2n) is 9.07. The highest BCUT2D eigenvalue weighted by molar-refractivity contribution is 5.92. The van der Waals surface area contributed by atoms with Crippen LogP contribution in [0.2, 0.25) is 0 Å². The van der Waals surface area contributed by atoms with Crippen LogP contribution in [0.4, 0.5) is 5.69 Å². The molecule has 1 N–H and O–H groups in total. The predicted octanol–water partition coefficient (Wildman–Crippen LogP) is 3.42. The van der Waals surface area contributed by atoms with Crippen molar-refractivity contribution in [2.24, 2.45) is 0 Å². The highest BCUT2D eigenvalue weighted by Crippen LogP contribution is 2.24. The van der Waals surface area contributed by atoms with Gasteiger partial charge in [-0.1, -0.05) is 24.3 Å². The smallest absolute Gasteiger partial charge is 0.223 e. The molecule has 2 aromatic heterocycles. The Bertz CT molecular complexity index is 1090. The Morgan fingerprint density at radius 1 is 1.00 bits per heavy atom. The Labute approximate surface area is 207 Å². The van der Waals surface area contributed by atoms with Gasteiger partial charge >= 0.3 is 0 Å². The molecule has 3 heterocycles. The maximum Gasteiger partial charge on any atom is 0.223 e. The van der Waals surface area contributed by atoms with E-state index in [0.717, 1.165) is 61.3 Å². The van der Waals surface area contributed by atoms with Crippen molar-refractivity contribution in [3.8, 4) is 0 Å². The first-order valence-electron chi connectivity index (χ1n) is 12.3. The van der Waals surface area contributed by atoms with Gasteiger partial charge in [0.1, 0.15) is 0 Å². The largest absolute Gasteiger partial charge is 0.337 e. The van der Waals surface area contributed by atoms with E-state index in [9.17, 15) is 9.59 Å². The van der Waals surface area contributed by atoms with E-state index in [4.69, 9.17) is 0 Å². The first-order chi connectivity index (χ1) is 17.1. The minimum Gasteiger partial charge on any atom is -0.337 e. The Kier molecular flexibility index (Phi) is 8.62. The number of para-hydroxylation sites is 1. The van der Waals surface area contributed by atoms with Crippen LogP contribution in [0.1, 0.15) is 42.9 Å². The predicted molar refractivity (Wildman–Crippen MR) is 136 cm³/mol. The maximum absolute atomic E-state index is 13.4. The highest BCUT2D eigenvalue weighted by atomic mass is 16.2. The van der Waals surface area contributed by atoms with Gasteiger partial charge in [-0.25, -0.2) is 0 Å². The molecule has 3 aromatic rings. The van der Waals surface area contributed by atoms with Gasteiger partial charge in [-0.3, -0.25) is 24.6 Å². The van der Waals surface area contributed by atoms with Gasteiger partial charge in [-0.15, -0.1) is 0 Å². The van der Waals surface area contributed by atoms with Gasteiger partial charge in [0.25, 0.3) is 0 Å². The number of pyridine rings is 1. The SMILES string of the molecule is CC(=O)N1CCCN(Cc2cccnc2)CCN(C(=O)CCCc2cn[nH]c2)Cc2ccccc21. The number of hydrogen-bond donors (Lipinski definition) is 1. The number of carbonyl (C=O) groups excluding carboxylic acids is 2. The third-order valence-corrected chi connectivity index (χ3v) is 6.46. The van der Waals surface area contributed by atoms with Gasteiger partial charge in [0.05, 0.1) is 6.20 Å². The third-order valence-electron chi connectivity index (χ3n) is 6.46. The number of aromatic nitrogens is 3. The lowest BCUT2D eigenvalue weighted by molar-refractivity contribution is -0.132. The quantitative estimate of drug-likeness (QED) is 0.592. The van der Waals surface area contributed by atoms with E-state index in [0.29, 0.717) is 26.1 Å². The fraction of sp³-hybridized carbons (Fsp3) is 0.407. The molecule has 0 bridgehead atoms. The van der Waals surface area contributed by atoms with Gasteiger partial charge in [0.15, 0.2) is 0 Å². The zero-order chi connectivity index (χ0) is 24.5. The molecule has 0 aliphatic carbocycles. The van der Waals surface area contributed by atoms with Crippen molar-refractivity contribution in [3.05, 3.63) is 77.9 Å². The number of nitrogens with one attached hydrogen (secondary N) is 1. The fourth-order valence-electron chi connectivity index (χ4n) is 4.60. The molecule has 1 aliphatic heterocycles. The van der Waals surface area contributed by atoms with Crippen LogP contribution in [-0.2, 0) is 29.1 Å². The lowest BCUT2D eigenvalue weighted by Crippen LogP contribution is -2.38. The zero-order valence-electron chi connectivity index (χ0n) is 20.4. The summed E-state index contributed by atoms with van der Waals surface area (Å²) in [6, 6.07) is 12.0. The average molecular weight is 475 g/mol. The molecule has 8 nitrogen and oxygen atoms in total. The number of rotatable bonds is 6. The molecule has 0 saturated carbocycles. The van der Waals surface area contributed by atoms with Gasteiger partial charge < -0.3 is 9.80 Å². The molecule has 1 aliphatic rings. The maximum atomic E-state index is 13.4. The molecular formula is C27H34N6O2. The molecule has 0 unspecified atom stereocenters. The van der Waals surface area contributed by atoms with Crippen LogP contribution in [0.25, 0.3) is 0 Å². The lowest BCUT2D eigenvalue weighted by Gasteiger charge is -2.28. The number of nitrogens with zero attached hydrogens (tertiary/aromatic N) is 5. The third kappa shape index (κ3) is 6.99. The van der Waals surface area contributed by atoms with E-state index in [1.54, 1.807) is 19.3 Å². The molecule has 1 aromatic carbocycles. The summed E-state index contributed by atoms with van der Waals surface area (Å²) in [6.45, 7) is 5.76. The zero-order valence-corrected chi connectivity index (χ0v) is 20.4. The Hall–Kier alpha value is -3.52. The van der Waals surface area contributed by atoms with Gasteiger partial charge in [-0.05, 0) is 48.1 Å². The summed E-state index contributed by atoms with van der Waals surface area (Å²) in [5.41, 5.74) is 4.16. The normalized spacial score (nSPS) is 15.3. The van der Waals surface area contributed by atoms with E-state index >= 15 is 0 Å². The van der Waals surface area contributed by atoms with Crippen LogP contribution >= 0.6 is 0 Å². The molecule has 8 heteroatoms. The number of fused-ring (bicyclic) bond motifs is 1. The van der Waals surface area contributed by atoms with E-state index in [-0.39, 0.29) is 11.8 Å². The van der Waals surface area contributed by atoms with E-state index in [1.807, 2.05) is 52.5 Å². The van der Waals surface area contributed by atoms with Gasteiger partial charge in [0, 0.05) is 76.9 Å². The van der Waals surface area contributed by atoms with Crippen molar-refractivity contribution in [1.29, 1.82) is 0 Å². The number of hydrogen-bond acceptors (Lipinski definition) is 5. The highest BCUT2D eigenvalue weighted by Gasteiger charge is 2.22. The molecule has 0 atom stereocenters. The molecular weight excluding hydrogens is 440 g/mol. The Balaban J connectivity index is 1.53. The number of H-pyrrole nitrogens is 1. The first-order valence-corrected chi connectivity index (χ1v) is 12.3. The summed E-state index contributed by atoms with van der Waals surface area (Å²) in [5.74, 6) is 0.159. The van der Waals surface area contributed by atoms with Crippen molar-refractivity contribution < 1.29 is 9.59 Å². The number of benzene rings is 1. The molecule has 184 valence electrons. The second-order valence-corrected chi connectivity index (χ2v) is 9.07. The van der Waals surface area contributed by atoms with Crippen LogP contribution < -0.4 is 4.90 Å². The molecule has 0 fully saturated rings. The number of aryl methyl sites for hydroxylation is 1. The monoisotopic (exact) mass is 474 g/mol. The Morgan fingerprint density at radius 2 is 1.89 bits per heavy atom. The number of anilines is 1. The van der Waals surface area contributed by atoms with Crippen molar-refractivity contribution in [2.45, 2.75) is 45.7 Å². The van der Waals surface area contributed by atoms with Crippen molar-refractivity contribution in [3.63, 3.8) is 0 Å². The van der Waals surface area contributed by atoms with Gasteiger partial charge in [-0.2, -0.15) is 5.10 Å². The summed E-state index contributed by atoms with van der Waals surface area (Å²) in [5, 5.41) is 6.81. The molecule has 2 amide bonds. The number of carbonyl (C=O) groups is 2. The average Bonchev–Trinajstić information content (AvgIpc) is 3.37. The first kappa shape index (κ1) is 24.6. The van der Waals surface area contributed by atoms with Crippen LogP contribution in [-0.4, -0.2) is 63.0 Å². The Morgan fingerprint density at radius 3 is 2.66 bits per heavy atom. The van der Waals surface area contributed by atoms with Crippen LogP contribution in [0.3, 0.4) is 0 Å². The number of amides is 2. The van der Waals surface area contributed by atoms with E-state index < -0.39 is 0 Å². The number of aromatic amines is 1. The van der Waals surface area contributed by atoms with Crippen molar-refractivity contribution in [2.75, 3.05) is 31.1 Å². The fourth-order valence-corrected chi connectivity index (χ4v) is 4.60. The minimum atomic E-state index is 0.0218. The van der Waals surface area contributed by atoms with Crippen LogP contribution in [0.5, 0.6) is 0 Å². The van der Waals surface area contributed by atoms with Crippen LogP contribution in [0, 0.1) is 0 Å². The lowest BCUT2D eigenvalue weighted by atomic mass is 10.1. The summed E-state index contributed by atoms with van der Waals surface area (Å²) in [4.78, 5) is 36.3. The minimum absolute atomic E-state index is 0.0218. The molecule has 35 heavy (non-hydrogen) atoms. The van der Waals surface area contributed by atoms with Gasteiger partial charge in [0.2, 0.25) is 11.8 Å². The van der Waals surface area contributed by atoms with Crippen LogP contribution in [0.15, 0.2) is 61.2 Å². The molecule has 4 rings (SSSR count). The summed E-state index contributed by atoms with van der Waals surface area (Å²) in [6.07, 6.45) is 10.3. The summed E-state index contributed by atoms with van der Waals surface area (Å²) in [7, 11) is 0. The summed E-state index contributed by atoms with van der Waals surface area (Å²) < 4.78 is 0. The molecule has 0 radical (unpaired) electrons. The topological polar surface area (TPSA) is 85.4 Å².